The molecular weight excluding hydrogens is 434 g/mol. The Labute approximate surface area is 200 Å². The Morgan fingerprint density at radius 3 is 0.758 bits per heavy atom. The molecular formula is C31H28P2. The first-order valence-electron chi connectivity index (χ1n) is 11.1. The molecule has 0 unspecified atom stereocenters. The van der Waals surface area contributed by atoms with Gasteiger partial charge in [-0.3, -0.25) is 0 Å². The molecule has 33 heavy (non-hydrogen) atoms. The van der Waals surface area contributed by atoms with Crippen LogP contribution in [0.3, 0.4) is 0 Å². The van der Waals surface area contributed by atoms with E-state index in [9.17, 15) is 0 Å². The van der Waals surface area contributed by atoms with E-state index in [-0.39, 0.29) is 7.92 Å². The van der Waals surface area contributed by atoms with E-state index in [0.717, 1.165) is 0 Å². The SMILES string of the molecule is CP(c1ccccc1)c1ccccc1.c1ccc(P(c2ccccc2)c2ccccc2)cc1. The third kappa shape index (κ3) is 6.49. The highest BCUT2D eigenvalue weighted by Gasteiger charge is 2.15. The second kappa shape index (κ2) is 12.3. The van der Waals surface area contributed by atoms with Gasteiger partial charge in [0.2, 0.25) is 0 Å². The van der Waals surface area contributed by atoms with Crippen LogP contribution in [0.15, 0.2) is 152 Å². The van der Waals surface area contributed by atoms with Gasteiger partial charge in [0.05, 0.1) is 0 Å². The van der Waals surface area contributed by atoms with Gasteiger partial charge in [-0.2, -0.15) is 0 Å². The first kappa shape index (κ1) is 23.1. The molecule has 0 amide bonds. The fraction of sp³-hybridized carbons (Fsp3) is 0.0323. The highest BCUT2D eigenvalue weighted by Crippen LogP contribution is 2.32. The van der Waals surface area contributed by atoms with E-state index in [4.69, 9.17) is 0 Å². The lowest BCUT2D eigenvalue weighted by Gasteiger charge is -2.18. The molecule has 5 aromatic rings. The van der Waals surface area contributed by atoms with Crippen molar-refractivity contribution in [2.24, 2.45) is 0 Å². The van der Waals surface area contributed by atoms with E-state index in [0.29, 0.717) is 0 Å². The molecule has 0 atom stereocenters. The third-order valence-electron chi connectivity index (χ3n) is 5.33. The molecule has 0 aliphatic rings. The highest BCUT2D eigenvalue weighted by molar-refractivity contribution is 7.79. The zero-order valence-corrected chi connectivity index (χ0v) is 20.6. The van der Waals surface area contributed by atoms with Gasteiger partial charge in [-0.15, -0.1) is 0 Å². The Kier molecular flexibility index (Phi) is 8.60. The second-order valence-corrected chi connectivity index (χ2v) is 11.9. The number of hydrogen-bond donors (Lipinski definition) is 0. The van der Waals surface area contributed by atoms with Crippen LogP contribution in [0.5, 0.6) is 0 Å². The van der Waals surface area contributed by atoms with E-state index in [1.54, 1.807) is 0 Å². The molecule has 162 valence electrons. The number of hydrogen-bond acceptors (Lipinski definition) is 0. The molecule has 0 nitrogen and oxygen atoms in total. The van der Waals surface area contributed by atoms with Crippen molar-refractivity contribution in [2.75, 3.05) is 6.66 Å². The van der Waals surface area contributed by atoms with Gasteiger partial charge in [0.1, 0.15) is 0 Å². The minimum atomic E-state index is -0.446. The van der Waals surface area contributed by atoms with E-state index >= 15 is 0 Å². The van der Waals surface area contributed by atoms with Crippen molar-refractivity contribution in [1.82, 2.24) is 0 Å². The first-order chi connectivity index (χ1) is 16.3. The van der Waals surface area contributed by atoms with Gasteiger partial charge in [-0.05, 0) is 49.0 Å². The van der Waals surface area contributed by atoms with Crippen LogP contribution in [0.1, 0.15) is 0 Å². The Bertz CT molecular complexity index is 1060. The molecule has 5 rings (SSSR count). The zero-order valence-electron chi connectivity index (χ0n) is 18.8. The van der Waals surface area contributed by atoms with Crippen molar-refractivity contribution in [3.05, 3.63) is 152 Å². The maximum Gasteiger partial charge on any atom is -0.0134 e. The quantitative estimate of drug-likeness (QED) is 0.273. The minimum Gasteiger partial charge on any atom is -0.0622 e. The average Bonchev–Trinajstić information content (AvgIpc) is 2.92. The van der Waals surface area contributed by atoms with Gasteiger partial charge in [0, 0.05) is 0 Å². The van der Waals surface area contributed by atoms with Gasteiger partial charge >= 0.3 is 0 Å². The molecule has 2 heteroatoms. The summed E-state index contributed by atoms with van der Waals surface area (Å²) in [4.78, 5) is 0. The smallest absolute Gasteiger partial charge is 0.0134 e. The van der Waals surface area contributed by atoms with Crippen molar-refractivity contribution >= 4 is 42.4 Å². The molecule has 0 aliphatic carbocycles. The second-order valence-electron chi connectivity index (χ2n) is 7.57. The molecule has 0 saturated carbocycles. The summed E-state index contributed by atoms with van der Waals surface area (Å²) in [5.74, 6) is 0. The Balaban J connectivity index is 0.000000165. The predicted molar refractivity (Wildman–Crippen MR) is 150 cm³/mol. The lowest BCUT2D eigenvalue weighted by atomic mass is 10.4. The molecule has 0 N–H and O–H groups in total. The lowest BCUT2D eigenvalue weighted by molar-refractivity contribution is 1.74. The molecule has 0 radical (unpaired) electrons. The average molecular weight is 463 g/mol. The Morgan fingerprint density at radius 2 is 0.515 bits per heavy atom. The maximum atomic E-state index is 2.31. The van der Waals surface area contributed by atoms with E-state index in [1.807, 2.05) is 0 Å². The molecule has 0 fully saturated rings. The summed E-state index contributed by atoms with van der Waals surface area (Å²) in [5.41, 5.74) is 0. The van der Waals surface area contributed by atoms with Crippen LogP contribution in [0.25, 0.3) is 0 Å². The number of benzene rings is 5. The first-order valence-corrected chi connectivity index (χ1v) is 14.2. The van der Waals surface area contributed by atoms with E-state index in [1.165, 1.54) is 26.5 Å². The van der Waals surface area contributed by atoms with Crippen LogP contribution in [0.4, 0.5) is 0 Å². The van der Waals surface area contributed by atoms with Crippen LogP contribution in [-0.4, -0.2) is 6.66 Å². The molecule has 0 bridgehead atoms. The molecule has 5 aromatic carbocycles. The minimum absolute atomic E-state index is 0.171. The molecule has 0 saturated heterocycles. The fourth-order valence-corrected chi connectivity index (χ4v) is 7.47. The van der Waals surface area contributed by atoms with Crippen molar-refractivity contribution < 1.29 is 0 Å². The van der Waals surface area contributed by atoms with Crippen LogP contribution in [0.2, 0.25) is 0 Å². The topological polar surface area (TPSA) is 0 Å². The van der Waals surface area contributed by atoms with Crippen molar-refractivity contribution in [1.29, 1.82) is 0 Å². The summed E-state index contributed by atoms with van der Waals surface area (Å²) in [5, 5.41) is 7.07. The van der Waals surface area contributed by atoms with Crippen LogP contribution in [0, 0.1) is 0 Å². The zero-order chi connectivity index (χ0) is 22.7. The molecule has 0 spiro atoms. The van der Waals surface area contributed by atoms with Gasteiger partial charge in [0.25, 0.3) is 0 Å². The van der Waals surface area contributed by atoms with Gasteiger partial charge in [-0.1, -0.05) is 152 Å². The Morgan fingerprint density at radius 1 is 0.303 bits per heavy atom. The van der Waals surface area contributed by atoms with E-state index in [2.05, 4.69) is 158 Å². The monoisotopic (exact) mass is 462 g/mol. The standard InChI is InChI=1S/C18H15P.C13H13P/c1-4-10-16(11-5-1)19(17-12-6-2-7-13-17)18-14-8-3-9-15-18;1-14(12-8-4-2-5-9-12)13-10-6-3-7-11-13/h1-15H;2-11H,1H3. The highest BCUT2D eigenvalue weighted by atomic mass is 31.1. The van der Waals surface area contributed by atoms with Crippen molar-refractivity contribution in [3.63, 3.8) is 0 Å². The van der Waals surface area contributed by atoms with Gasteiger partial charge < -0.3 is 0 Å². The van der Waals surface area contributed by atoms with Crippen molar-refractivity contribution in [3.8, 4) is 0 Å². The van der Waals surface area contributed by atoms with Gasteiger partial charge in [0.15, 0.2) is 0 Å². The molecule has 0 aliphatic heterocycles. The number of rotatable bonds is 5. The van der Waals surface area contributed by atoms with Gasteiger partial charge in [-0.25, -0.2) is 0 Å². The maximum absolute atomic E-state index is 2.31. The van der Waals surface area contributed by atoms with Crippen LogP contribution >= 0.6 is 15.8 Å². The summed E-state index contributed by atoms with van der Waals surface area (Å²) in [6.45, 7) is 2.31. The van der Waals surface area contributed by atoms with Crippen LogP contribution < -0.4 is 26.5 Å². The summed E-state index contributed by atoms with van der Waals surface area (Å²) in [6, 6.07) is 53.7. The fourth-order valence-electron chi connectivity index (χ4n) is 3.63. The van der Waals surface area contributed by atoms with E-state index < -0.39 is 7.92 Å². The van der Waals surface area contributed by atoms with Crippen molar-refractivity contribution in [2.45, 2.75) is 0 Å². The summed E-state index contributed by atoms with van der Waals surface area (Å²) in [6.07, 6.45) is 0. The normalized spacial score (nSPS) is 10.5. The summed E-state index contributed by atoms with van der Waals surface area (Å²) >= 11 is 0. The molecule has 0 aromatic heterocycles. The summed E-state index contributed by atoms with van der Waals surface area (Å²) in [7, 11) is -0.617. The Hall–Kier alpha value is -3.04. The third-order valence-corrected chi connectivity index (χ3v) is 9.92. The predicted octanol–water partition coefficient (Wildman–Crippen LogP) is 6.19. The largest absolute Gasteiger partial charge is 0.0622 e. The summed E-state index contributed by atoms with van der Waals surface area (Å²) < 4.78 is 0. The molecule has 0 heterocycles. The van der Waals surface area contributed by atoms with Crippen LogP contribution in [-0.2, 0) is 0 Å². The lowest BCUT2D eigenvalue weighted by Crippen LogP contribution is -2.20.